The zero-order valence-electron chi connectivity index (χ0n) is 11.1. The fourth-order valence-electron chi connectivity index (χ4n) is 3.17. The number of hydrogen-bond donors (Lipinski definition) is 0. The first-order chi connectivity index (χ1) is 8.18. The molecule has 0 fully saturated rings. The quantitative estimate of drug-likeness (QED) is 0.663. The van der Waals surface area contributed by atoms with Crippen molar-refractivity contribution in [3.8, 4) is 0 Å². The van der Waals surface area contributed by atoms with E-state index in [9.17, 15) is 4.79 Å². The molecule has 3 atom stereocenters. The second kappa shape index (κ2) is 5.66. The molecule has 2 aliphatic rings. The van der Waals surface area contributed by atoms with Crippen LogP contribution in [0.1, 0.15) is 52.4 Å². The smallest absolute Gasteiger partial charge is 0.133 e. The molecule has 0 aromatic rings. The Hall–Kier alpha value is -0.850. The predicted molar refractivity (Wildman–Crippen MR) is 71.8 cm³/mol. The van der Waals surface area contributed by atoms with E-state index in [4.69, 9.17) is 0 Å². The van der Waals surface area contributed by atoms with Crippen LogP contribution in [0.15, 0.2) is 23.8 Å². The van der Waals surface area contributed by atoms with Gasteiger partial charge in [0.1, 0.15) is 5.78 Å². The molecule has 17 heavy (non-hydrogen) atoms. The van der Waals surface area contributed by atoms with E-state index >= 15 is 0 Å². The maximum Gasteiger partial charge on any atom is 0.133 e. The Morgan fingerprint density at radius 3 is 2.76 bits per heavy atom. The maximum absolute atomic E-state index is 11.3. The molecule has 0 radical (unpaired) electrons. The summed E-state index contributed by atoms with van der Waals surface area (Å²) in [6.45, 7) is 4.09. The standard InChI is InChI=1S/C16H24O/c1-12(14-6-4-3-5-7-14)15-8-10-16(11-9-15)13(2)17/h4,6,8,12,14,16H,3,5,7,9-11H2,1-2H3. The molecule has 0 spiro atoms. The fraction of sp³-hybridized carbons (Fsp3) is 0.688. The van der Waals surface area contributed by atoms with Gasteiger partial charge in [0.2, 0.25) is 0 Å². The molecule has 0 N–H and O–H groups in total. The predicted octanol–water partition coefficient (Wildman–Crippen LogP) is 4.29. The van der Waals surface area contributed by atoms with Crippen molar-refractivity contribution in [1.29, 1.82) is 0 Å². The minimum absolute atomic E-state index is 0.299. The van der Waals surface area contributed by atoms with Gasteiger partial charge < -0.3 is 0 Å². The minimum atomic E-state index is 0.299. The highest BCUT2D eigenvalue weighted by atomic mass is 16.1. The first-order valence-corrected chi connectivity index (χ1v) is 7.04. The number of Topliss-reactive ketones (excluding diaryl/α,β-unsaturated/α-hetero) is 1. The molecule has 0 aliphatic heterocycles. The number of carbonyl (C=O) groups excluding carboxylic acids is 1. The molecular weight excluding hydrogens is 208 g/mol. The third-order valence-electron chi connectivity index (χ3n) is 4.54. The summed E-state index contributed by atoms with van der Waals surface area (Å²) in [5, 5.41) is 0. The van der Waals surface area contributed by atoms with E-state index in [1.165, 1.54) is 19.3 Å². The fourth-order valence-corrected chi connectivity index (χ4v) is 3.17. The Morgan fingerprint density at radius 1 is 1.41 bits per heavy atom. The van der Waals surface area contributed by atoms with Gasteiger partial charge in [0.15, 0.2) is 0 Å². The third kappa shape index (κ3) is 3.08. The van der Waals surface area contributed by atoms with E-state index in [1.54, 1.807) is 12.5 Å². The van der Waals surface area contributed by atoms with Crippen LogP contribution in [0.2, 0.25) is 0 Å². The average Bonchev–Trinajstić information content (AvgIpc) is 2.39. The highest BCUT2D eigenvalue weighted by Crippen LogP contribution is 2.35. The Kier molecular flexibility index (Phi) is 4.20. The second-order valence-corrected chi connectivity index (χ2v) is 5.67. The SMILES string of the molecule is CC(=O)C1CC=C(C(C)C2C=CCCC2)CC1. The van der Waals surface area contributed by atoms with Crippen LogP contribution in [0.4, 0.5) is 0 Å². The van der Waals surface area contributed by atoms with Crippen molar-refractivity contribution >= 4 is 5.78 Å². The number of hydrogen-bond acceptors (Lipinski definition) is 1. The van der Waals surface area contributed by atoms with E-state index in [1.807, 2.05) is 0 Å². The van der Waals surface area contributed by atoms with E-state index in [0.29, 0.717) is 17.6 Å². The van der Waals surface area contributed by atoms with Crippen LogP contribution in [0.5, 0.6) is 0 Å². The van der Waals surface area contributed by atoms with Gasteiger partial charge in [-0.2, -0.15) is 0 Å². The van der Waals surface area contributed by atoms with Crippen molar-refractivity contribution in [3.05, 3.63) is 23.8 Å². The van der Waals surface area contributed by atoms with Crippen molar-refractivity contribution < 1.29 is 4.79 Å². The highest BCUT2D eigenvalue weighted by molar-refractivity contribution is 5.78. The Morgan fingerprint density at radius 2 is 2.24 bits per heavy atom. The average molecular weight is 232 g/mol. The van der Waals surface area contributed by atoms with E-state index < -0.39 is 0 Å². The van der Waals surface area contributed by atoms with Gasteiger partial charge >= 0.3 is 0 Å². The summed E-state index contributed by atoms with van der Waals surface area (Å²) < 4.78 is 0. The number of rotatable bonds is 3. The summed E-state index contributed by atoms with van der Waals surface area (Å²) in [4.78, 5) is 11.3. The van der Waals surface area contributed by atoms with E-state index in [2.05, 4.69) is 25.2 Å². The van der Waals surface area contributed by atoms with Gasteiger partial charge in [0.05, 0.1) is 0 Å². The number of carbonyl (C=O) groups is 1. The van der Waals surface area contributed by atoms with E-state index in [-0.39, 0.29) is 0 Å². The zero-order chi connectivity index (χ0) is 12.3. The summed E-state index contributed by atoms with van der Waals surface area (Å²) in [5.74, 6) is 2.08. The van der Waals surface area contributed by atoms with Crippen LogP contribution in [0.3, 0.4) is 0 Å². The van der Waals surface area contributed by atoms with Crippen molar-refractivity contribution in [2.24, 2.45) is 17.8 Å². The third-order valence-corrected chi connectivity index (χ3v) is 4.54. The maximum atomic E-state index is 11.3. The van der Waals surface area contributed by atoms with Crippen LogP contribution in [0, 0.1) is 17.8 Å². The molecule has 0 heterocycles. The summed E-state index contributed by atoms with van der Waals surface area (Å²) in [6, 6.07) is 0. The van der Waals surface area contributed by atoms with Crippen LogP contribution in [0.25, 0.3) is 0 Å². The molecule has 0 saturated heterocycles. The molecule has 3 unspecified atom stereocenters. The largest absolute Gasteiger partial charge is 0.300 e. The van der Waals surface area contributed by atoms with Crippen molar-refractivity contribution in [1.82, 2.24) is 0 Å². The lowest BCUT2D eigenvalue weighted by Crippen LogP contribution is -2.19. The molecule has 0 aromatic carbocycles. The van der Waals surface area contributed by atoms with Gasteiger partial charge in [-0.3, -0.25) is 4.79 Å². The van der Waals surface area contributed by atoms with E-state index in [0.717, 1.165) is 25.2 Å². The summed E-state index contributed by atoms with van der Waals surface area (Å²) in [5.41, 5.74) is 1.60. The number of allylic oxidation sites excluding steroid dienone is 4. The molecule has 2 rings (SSSR count). The van der Waals surface area contributed by atoms with Gasteiger partial charge in [-0.15, -0.1) is 0 Å². The van der Waals surface area contributed by atoms with Crippen molar-refractivity contribution in [2.45, 2.75) is 52.4 Å². The molecule has 1 heteroatoms. The Balaban J connectivity index is 1.96. The van der Waals surface area contributed by atoms with Crippen LogP contribution >= 0.6 is 0 Å². The monoisotopic (exact) mass is 232 g/mol. The van der Waals surface area contributed by atoms with Gasteiger partial charge in [-0.1, -0.05) is 30.7 Å². The lowest BCUT2D eigenvalue weighted by atomic mass is 9.76. The molecular formula is C16H24O. The molecule has 0 saturated carbocycles. The normalized spacial score (nSPS) is 30.8. The Bertz CT molecular complexity index is 337. The lowest BCUT2D eigenvalue weighted by molar-refractivity contribution is -0.120. The lowest BCUT2D eigenvalue weighted by Gasteiger charge is -2.29. The van der Waals surface area contributed by atoms with Gasteiger partial charge in [-0.25, -0.2) is 0 Å². The molecule has 2 aliphatic carbocycles. The molecule has 0 amide bonds. The summed E-state index contributed by atoms with van der Waals surface area (Å²) in [6.07, 6.45) is 14.2. The van der Waals surface area contributed by atoms with Gasteiger partial charge in [0.25, 0.3) is 0 Å². The Labute approximate surface area is 105 Å². The van der Waals surface area contributed by atoms with Crippen molar-refractivity contribution in [3.63, 3.8) is 0 Å². The van der Waals surface area contributed by atoms with Crippen LogP contribution < -0.4 is 0 Å². The summed E-state index contributed by atoms with van der Waals surface area (Å²) >= 11 is 0. The first kappa shape index (κ1) is 12.6. The molecule has 0 bridgehead atoms. The zero-order valence-corrected chi connectivity index (χ0v) is 11.1. The molecule has 1 nitrogen and oxygen atoms in total. The summed E-state index contributed by atoms with van der Waals surface area (Å²) in [7, 11) is 0. The van der Waals surface area contributed by atoms with Gasteiger partial charge in [0, 0.05) is 5.92 Å². The van der Waals surface area contributed by atoms with Gasteiger partial charge in [-0.05, 0) is 57.3 Å². The van der Waals surface area contributed by atoms with Crippen LogP contribution in [-0.4, -0.2) is 5.78 Å². The minimum Gasteiger partial charge on any atom is -0.300 e. The molecule has 94 valence electrons. The second-order valence-electron chi connectivity index (χ2n) is 5.67. The van der Waals surface area contributed by atoms with Crippen LogP contribution in [-0.2, 0) is 4.79 Å². The molecule has 0 aromatic heterocycles. The highest BCUT2D eigenvalue weighted by Gasteiger charge is 2.24. The number of ketones is 1. The van der Waals surface area contributed by atoms with Crippen molar-refractivity contribution in [2.75, 3.05) is 0 Å². The first-order valence-electron chi connectivity index (χ1n) is 7.04. The topological polar surface area (TPSA) is 17.1 Å².